The highest BCUT2D eigenvalue weighted by Gasteiger charge is 2.23. The Labute approximate surface area is 184 Å². The van der Waals surface area contributed by atoms with Crippen LogP contribution in [0.4, 0.5) is 8.78 Å². The Kier molecular flexibility index (Phi) is 7.92. The third-order valence-corrected chi connectivity index (χ3v) is 4.86. The largest absolute Gasteiger partial charge is 0.497 e. The van der Waals surface area contributed by atoms with E-state index in [4.69, 9.17) is 16.3 Å². The third kappa shape index (κ3) is 6.61. The number of nitrogens with zero attached hydrogens (tertiary/aromatic N) is 3. The summed E-state index contributed by atoms with van der Waals surface area (Å²) in [6.45, 7) is 0.773. The van der Waals surface area contributed by atoms with Crippen molar-refractivity contribution in [2.75, 3.05) is 20.3 Å². The van der Waals surface area contributed by atoms with Crippen LogP contribution in [-0.2, 0) is 13.0 Å². The van der Waals surface area contributed by atoms with E-state index in [1.807, 2.05) is 24.3 Å². The number of benzene rings is 2. The fourth-order valence-corrected chi connectivity index (χ4v) is 3.22. The number of aliphatic imine (C=N–C) groups is 2. The van der Waals surface area contributed by atoms with Crippen LogP contribution in [0.15, 0.2) is 52.4 Å². The number of halogens is 2. The van der Waals surface area contributed by atoms with Gasteiger partial charge in [-0.25, -0.2) is 19.6 Å². The van der Waals surface area contributed by atoms with Crippen LogP contribution in [0, 0.1) is 11.6 Å². The molecule has 2 aromatic rings. The number of nitrogens with one attached hydrogen (secondary N) is 2. The first-order valence-corrected chi connectivity index (χ1v) is 9.98. The summed E-state index contributed by atoms with van der Waals surface area (Å²) in [6, 6.07) is 10.1. The second kappa shape index (κ2) is 10.8. The monoisotopic (exact) mass is 447 g/mol. The van der Waals surface area contributed by atoms with Crippen molar-refractivity contribution in [3.05, 3.63) is 65.2 Å². The van der Waals surface area contributed by atoms with E-state index in [9.17, 15) is 13.9 Å². The Bertz CT molecular complexity index is 966. The number of hydrogen-bond acceptors (Lipinski definition) is 9. The molecule has 2 aromatic carbocycles. The van der Waals surface area contributed by atoms with Crippen molar-refractivity contribution in [2.24, 2.45) is 21.6 Å². The summed E-state index contributed by atoms with van der Waals surface area (Å²) in [7, 11) is 1.59. The second-order valence-electron chi connectivity index (χ2n) is 7.35. The molecule has 0 spiro atoms. The Morgan fingerprint density at radius 2 is 1.94 bits per heavy atom. The van der Waals surface area contributed by atoms with Gasteiger partial charge in [0.25, 0.3) is 0 Å². The highest BCUT2D eigenvalue weighted by molar-refractivity contribution is 5.95. The molecule has 0 aromatic heterocycles. The first-order chi connectivity index (χ1) is 15.3. The molecule has 2 atom stereocenters. The lowest BCUT2D eigenvalue weighted by atomic mass is 10.0. The quantitative estimate of drug-likeness (QED) is 0.352. The summed E-state index contributed by atoms with van der Waals surface area (Å²) in [4.78, 5) is 8.20. The van der Waals surface area contributed by atoms with Gasteiger partial charge >= 0.3 is 0 Å². The Morgan fingerprint density at radius 1 is 1.19 bits per heavy atom. The van der Waals surface area contributed by atoms with Crippen molar-refractivity contribution in [1.82, 2.24) is 15.6 Å². The number of aliphatic hydroxyl groups excluding tert-OH is 1. The number of hydrazine groups is 1. The standard InChI is InChI=1S/C21H27F2N7O2/c1-32-17-4-2-3-13(7-17)10-26-11-19(31)18(8-14-5-15(22)9-16(23)6-14)28-21-27-12-30(25)20(24)29-21/h2-7,9,18-19,26,31H,8,10-12,25H2,1H3,(H3,24,27,28,29). The van der Waals surface area contributed by atoms with Gasteiger partial charge in [0.2, 0.25) is 11.9 Å². The van der Waals surface area contributed by atoms with E-state index in [-0.39, 0.29) is 31.6 Å². The molecule has 32 heavy (non-hydrogen) atoms. The predicted molar refractivity (Wildman–Crippen MR) is 118 cm³/mol. The van der Waals surface area contributed by atoms with Crippen molar-refractivity contribution in [3.8, 4) is 5.75 Å². The lowest BCUT2D eigenvalue weighted by molar-refractivity contribution is 0.133. The number of aliphatic hydroxyl groups is 1. The topological polar surface area (TPSA) is 134 Å². The first kappa shape index (κ1) is 23.4. The van der Waals surface area contributed by atoms with E-state index in [1.165, 1.54) is 12.1 Å². The maximum Gasteiger partial charge on any atom is 0.223 e. The van der Waals surface area contributed by atoms with Crippen LogP contribution in [-0.4, -0.2) is 54.5 Å². The molecular formula is C21H27F2N7O2. The minimum absolute atomic E-state index is 0.0590. The average Bonchev–Trinajstić information content (AvgIpc) is 2.75. The summed E-state index contributed by atoms with van der Waals surface area (Å²) in [6.07, 6.45) is -0.820. The smallest absolute Gasteiger partial charge is 0.223 e. The number of guanidine groups is 2. The van der Waals surface area contributed by atoms with Crippen LogP contribution in [0.3, 0.4) is 0 Å². The molecule has 9 nitrogen and oxygen atoms in total. The van der Waals surface area contributed by atoms with Crippen LogP contribution in [0.5, 0.6) is 5.75 Å². The molecule has 0 fully saturated rings. The molecule has 11 heteroatoms. The molecule has 1 aliphatic rings. The number of ether oxygens (including phenoxy) is 1. The van der Waals surface area contributed by atoms with E-state index in [2.05, 4.69) is 20.6 Å². The molecule has 1 aliphatic heterocycles. The van der Waals surface area contributed by atoms with Crippen LogP contribution in [0.2, 0.25) is 0 Å². The van der Waals surface area contributed by atoms with Gasteiger partial charge in [-0.3, -0.25) is 5.01 Å². The van der Waals surface area contributed by atoms with Crippen molar-refractivity contribution in [3.63, 3.8) is 0 Å². The van der Waals surface area contributed by atoms with Gasteiger partial charge in [-0.05, 0) is 41.8 Å². The van der Waals surface area contributed by atoms with E-state index in [0.717, 1.165) is 22.4 Å². The zero-order valence-electron chi connectivity index (χ0n) is 17.6. The fourth-order valence-electron chi connectivity index (χ4n) is 3.22. The third-order valence-electron chi connectivity index (χ3n) is 4.86. The van der Waals surface area contributed by atoms with Crippen molar-refractivity contribution >= 4 is 11.9 Å². The summed E-state index contributed by atoms with van der Waals surface area (Å²) < 4.78 is 32.5. The SMILES string of the molecule is COc1cccc(CNCC(O)C(Cc2cc(F)cc(F)c2)NC2=NCN(N)C(N)=N2)c1. The van der Waals surface area contributed by atoms with Gasteiger partial charge in [0.15, 0.2) is 0 Å². The highest BCUT2D eigenvalue weighted by Crippen LogP contribution is 2.14. The van der Waals surface area contributed by atoms with Crippen LogP contribution >= 0.6 is 0 Å². The normalized spacial score (nSPS) is 15.6. The molecule has 7 N–H and O–H groups in total. The van der Waals surface area contributed by atoms with Crippen LogP contribution in [0.1, 0.15) is 11.1 Å². The van der Waals surface area contributed by atoms with Crippen LogP contribution in [0.25, 0.3) is 0 Å². The predicted octanol–water partition coefficient (Wildman–Crippen LogP) is 0.442. The summed E-state index contributed by atoms with van der Waals surface area (Å²) in [5.41, 5.74) is 7.08. The maximum absolute atomic E-state index is 13.7. The maximum atomic E-state index is 13.7. The lowest BCUT2D eigenvalue weighted by Gasteiger charge is -2.27. The van der Waals surface area contributed by atoms with E-state index < -0.39 is 23.8 Å². The molecular weight excluding hydrogens is 420 g/mol. The summed E-state index contributed by atoms with van der Waals surface area (Å²) in [5, 5.41) is 18.2. The van der Waals surface area contributed by atoms with Gasteiger partial charge in [0.05, 0.1) is 19.3 Å². The van der Waals surface area contributed by atoms with Gasteiger partial charge in [-0.15, -0.1) is 0 Å². The Balaban J connectivity index is 1.68. The minimum atomic E-state index is -0.943. The van der Waals surface area contributed by atoms with Gasteiger partial charge in [0.1, 0.15) is 24.1 Å². The zero-order valence-corrected chi connectivity index (χ0v) is 17.6. The number of methoxy groups -OCH3 is 1. The zero-order chi connectivity index (χ0) is 23.1. The number of rotatable bonds is 9. The second-order valence-corrected chi connectivity index (χ2v) is 7.35. The van der Waals surface area contributed by atoms with E-state index in [1.54, 1.807) is 7.11 Å². The molecule has 0 saturated heterocycles. The van der Waals surface area contributed by atoms with Crippen molar-refractivity contribution in [1.29, 1.82) is 0 Å². The fraction of sp³-hybridized carbons (Fsp3) is 0.333. The van der Waals surface area contributed by atoms with Gasteiger partial charge in [-0.1, -0.05) is 12.1 Å². The van der Waals surface area contributed by atoms with E-state index >= 15 is 0 Å². The van der Waals surface area contributed by atoms with E-state index in [0.29, 0.717) is 12.1 Å². The summed E-state index contributed by atoms with van der Waals surface area (Å²) >= 11 is 0. The average molecular weight is 447 g/mol. The molecule has 0 saturated carbocycles. The molecule has 3 rings (SSSR count). The molecule has 0 aliphatic carbocycles. The summed E-state index contributed by atoms with van der Waals surface area (Å²) in [5.74, 6) is 5.20. The molecule has 0 amide bonds. The number of hydrogen-bond donors (Lipinski definition) is 5. The molecule has 0 radical (unpaired) electrons. The lowest BCUT2D eigenvalue weighted by Crippen LogP contribution is -2.52. The highest BCUT2D eigenvalue weighted by atomic mass is 19.1. The van der Waals surface area contributed by atoms with Gasteiger partial charge in [0, 0.05) is 19.2 Å². The minimum Gasteiger partial charge on any atom is -0.497 e. The Morgan fingerprint density at radius 3 is 2.62 bits per heavy atom. The van der Waals surface area contributed by atoms with Gasteiger partial charge in [-0.2, -0.15) is 4.99 Å². The van der Waals surface area contributed by atoms with Crippen molar-refractivity contribution < 1.29 is 18.6 Å². The molecule has 0 bridgehead atoms. The van der Waals surface area contributed by atoms with Crippen molar-refractivity contribution in [2.45, 2.75) is 25.1 Å². The molecule has 172 valence electrons. The van der Waals surface area contributed by atoms with Gasteiger partial charge < -0.3 is 26.2 Å². The molecule has 1 heterocycles. The van der Waals surface area contributed by atoms with Crippen LogP contribution < -0.4 is 26.9 Å². The number of nitrogens with two attached hydrogens (primary N) is 2. The Hall–Kier alpha value is -3.28. The first-order valence-electron chi connectivity index (χ1n) is 9.98. The molecule has 2 unspecified atom stereocenters.